The molecule has 2 heteroatoms. The molecule has 2 nitrogen and oxygen atoms in total. The topological polar surface area (TPSA) is 24.1 Å². The highest BCUT2D eigenvalue weighted by atomic mass is 16.3. The van der Waals surface area contributed by atoms with Gasteiger partial charge in [0, 0.05) is 18.2 Å². The summed E-state index contributed by atoms with van der Waals surface area (Å²) in [6.45, 7) is 0. The Labute approximate surface area is 88.8 Å². The van der Waals surface area contributed by atoms with Gasteiger partial charge in [0.2, 0.25) is 0 Å². The number of phenols is 1. The Balaban J connectivity index is 2.15. The van der Waals surface area contributed by atoms with Crippen LogP contribution in [-0.2, 0) is 0 Å². The van der Waals surface area contributed by atoms with Crippen LogP contribution in [0.15, 0.2) is 54.9 Å². The van der Waals surface area contributed by atoms with Crippen molar-refractivity contribution in [1.82, 2.24) is 0 Å². The first-order valence-corrected chi connectivity index (χ1v) is 4.77. The van der Waals surface area contributed by atoms with E-state index in [-0.39, 0.29) is 0 Å². The van der Waals surface area contributed by atoms with Crippen molar-refractivity contribution in [2.45, 2.75) is 0 Å². The van der Waals surface area contributed by atoms with Crippen molar-refractivity contribution in [3.63, 3.8) is 0 Å². The number of pyridine rings is 1. The van der Waals surface area contributed by atoms with Gasteiger partial charge in [-0.15, -0.1) is 0 Å². The van der Waals surface area contributed by atoms with Crippen LogP contribution in [0.1, 0.15) is 5.56 Å². The molecular weight excluding hydrogens is 186 g/mol. The fourth-order valence-electron chi connectivity index (χ4n) is 1.27. The van der Waals surface area contributed by atoms with Crippen LogP contribution in [0.25, 0.3) is 12.3 Å². The van der Waals surface area contributed by atoms with Crippen LogP contribution in [0.5, 0.6) is 5.75 Å². The van der Waals surface area contributed by atoms with Crippen LogP contribution in [0.2, 0.25) is 0 Å². The molecule has 1 aromatic heterocycles. The molecule has 0 spiro atoms. The van der Waals surface area contributed by atoms with E-state index in [1.54, 1.807) is 12.1 Å². The van der Waals surface area contributed by atoms with Crippen LogP contribution < -0.4 is 4.57 Å². The zero-order valence-corrected chi connectivity index (χ0v) is 8.25. The van der Waals surface area contributed by atoms with Gasteiger partial charge in [0.1, 0.15) is 5.75 Å². The van der Waals surface area contributed by atoms with Crippen LogP contribution >= 0.6 is 0 Å². The smallest absolute Gasteiger partial charge is 0.175 e. The molecule has 1 heterocycles. The van der Waals surface area contributed by atoms with E-state index in [0.717, 1.165) is 5.56 Å². The fourth-order valence-corrected chi connectivity index (χ4v) is 1.27. The first kappa shape index (κ1) is 9.46. The Morgan fingerprint density at radius 3 is 2.27 bits per heavy atom. The lowest BCUT2D eigenvalue weighted by Crippen LogP contribution is -2.23. The van der Waals surface area contributed by atoms with Gasteiger partial charge in [0.15, 0.2) is 18.6 Å². The molecule has 0 fully saturated rings. The highest BCUT2D eigenvalue weighted by molar-refractivity contribution is 5.57. The quantitative estimate of drug-likeness (QED) is 0.736. The molecule has 1 aromatic carbocycles. The van der Waals surface area contributed by atoms with Gasteiger partial charge < -0.3 is 5.11 Å². The summed E-state index contributed by atoms with van der Waals surface area (Å²) in [6, 6.07) is 13.0. The van der Waals surface area contributed by atoms with E-state index in [1.807, 2.05) is 59.6 Å². The molecule has 0 saturated carbocycles. The highest BCUT2D eigenvalue weighted by Crippen LogP contribution is 2.10. The zero-order valence-electron chi connectivity index (χ0n) is 8.25. The van der Waals surface area contributed by atoms with E-state index in [1.165, 1.54) is 0 Å². The fraction of sp³-hybridized carbons (Fsp3) is 0. The van der Waals surface area contributed by atoms with Gasteiger partial charge in [0.25, 0.3) is 0 Å². The van der Waals surface area contributed by atoms with Crippen LogP contribution in [0.3, 0.4) is 0 Å². The summed E-state index contributed by atoms with van der Waals surface area (Å²) in [6.07, 6.45) is 7.89. The molecule has 1 N–H and O–H groups in total. The van der Waals surface area contributed by atoms with Crippen molar-refractivity contribution in [1.29, 1.82) is 0 Å². The molecule has 0 aliphatic heterocycles. The Kier molecular flexibility index (Phi) is 2.79. The van der Waals surface area contributed by atoms with Crippen LogP contribution in [0.4, 0.5) is 0 Å². The summed E-state index contributed by atoms with van der Waals surface area (Å²) in [7, 11) is 0. The van der Waals surface area contributed by atoms with E-state index in [0.29, 0.717) is 5.75 Å². The number of aromatic hydroxyl groups is 1. The lowest BCUT2D eigenvalue weighted by atomic mass is 10.2. The number of phenolic OH excluding ortho intramolecular Hbond substituents is 1. The molecule has 0 bridgehead atoms. The van der Waals surface area contributed by atoms with Crippen molar-refractivity contribution >= 4 is 12.3 Å². The Morgan fingerprint density at radius 2 is 1.60 bits per heavy atom. The molecule has 0 saturated heterocycles. The third-order valence-corrected chi connectivity index (χ3v) is 2.07. The maximum atomic E-state index is 9.11. The van der Waals surface area contributed by atoms with Gasteiger partial charge in [-0.3, -0.25) is 0 Å². The number of nitrogens with zero attached hydrogens (tertiary/aromatic N) is 1. The second-order valence-electron chi connectivity index (χ2n) is 3.23. The van der Waals surface area contributed by atoms with Crippen molar-refractivity contribution < 1.29 is 9.67 Å². The Morgan fingerprint density at radius 1 is 0.933 bits per heavy atom. The minimum atomic E-state index is 0.291. The average Bonchev–Trinajstić information content (AvgIpc) is 2.30. The predicted molar refractivity (Wildman–Crippen MR) is 60.0 cm³/mol. The monoisotopic (exact) mass is 198 g/mol. The number of benzene rings is 1. The second-order valence-corrected chi connectivity index (χ2v) is 3.23. The van der Waals surface area contributed by atoms with E-state index < -0.39 is 0 Å². The summed E-state index contributed by atoms with van der Waals surface area (Å²) >= 11 is 0. The molecule has 0 aliphatic carbocycles. The minimum absolute atomic E-state index is 0.291. The average molecular weight is 198 g/mol. The van der Waals surface area contributed by atoms with Crippen molar-refractivity contribution in [3.05, 3.63) is 60.4 Å². The highest BCUT2D eigenvalue weighted by Gasteiger charge is 1.91. The maximum absolute atomic E-state index is 9.11. The summed E-state index contributed by atoms with van der Waals surface area (Å²) in [5, 5.41) is 9.11. The molecule has 0 aliphatic rings. The minimum Gasteiger partial charge on any atom is -0.508 e. The van der Waals surface area contributed by atoms with Crippen molar-refractivity contribution in [3.8, 4) is 5.75 Å². The largest absolute Gasteiger partial charge is 0.508 e. The lowest BCUT2D eigenvalue weighted by molar-refractivity contribution is -0.567. The number of rotatable bonds is 2. The number of hydrogen-bond donors (Lipinski definition) is 1. The normalized spacial score (nSPS) is 10.7. The van der Waals surface area contributed by atoms with Gasteiger partial charge >= 0.3 is 0 Å². The van der Waals surface area contributed by atoms with Crippen molar-refractivity contribution in [2.24, 2.45) is 0 Å². The Hall–Kier alpha value is -2.09. The summed E-state index contributed by atoms with van der Waals surface area (Å²) in [5.41, 5.74) is 1.06. The summed E-state index contributed by atoms with van der Waals surface area (Å²) in [4.78, 5) is 0. The molecule has 0 radical (unpaired) electrons. The molecule has 15 heavy (non-hydrogen) atoms. The standard InChI is InChI=1S/C13H11NO/c15-13-6-4-12(5-7-13)8-11-14-9-2-1-3-10-14/h1-11H/p+1/b11-8+. The zero-order chi connectivity index (χ0) is 10.5. The lowest BCUT2D eigenvalue weighted by Gasteiger charge is -1.92. The first-order valence-electron chi connectivity index (χ1n) is 4.77. The van der Waals surface area contributed by atoms with Gasteiger partial charge in [-0.2, -0.15) is 4.57 Å². The van der Waals surface area contributed by atoms with Gasteiger partial charge in [-0.05, 0) is 17.7 Å². The molecule has 2 rings (SSSR count). The molecule has 0 atom stereocenters. The molecule has 74 valence electrons. The third-order valence-electron chi connectivity index (χ3n) is 2.07. The van der Waals surface area contributed by atoms with E-state index >= 15 is 0 Å². The van der Waals surface area contributed by atoms with Crippen LogP contribution in [-0.4, -0.2) is 5.11 Å². The SMILES string of the molecule is Oc1ccc(/C=C/[n+]2ccccc2)cc1. The van der Waals surface area contributed by atoms with Gasteiger partial charge in [-0.1, -0.05) is 18.2 Å². The van der Waals surface area contributed by atoms with Gasteiger partial charge in [0.05, 0.1) is 0 Å². The van der Waals surface area contributed by atoms with E-state index in [2.05, 4.69) is 0 Å². The van der Waals surface area contributed by atoms with Crippen LogP contribution in [0, 0.1) is 0 Å². The molecule has 0 amide bonds. The molecule has 0 unspecified atom stereocenters. The number of aromatic nitrogens is 1. The molecular formula is C13H12NO+. The third kappa shape index (κ3) is 2.68. The molecule has 2 aromatic rings. The second kappa shape index (κ2) is 4.42. The Bertz CT molecular complexity index is 446. The first-order chi connectivity index (χ1) is 7.34. The predicted octanol–water partition coefficient (Wildman–Crippen LogP) is 2.31. The van der Waals surface area contributed by atoms with E-state index in [9.17, 15) is 0 Å². The van der Waals surface area contributed by atoms with E-state index in [4.69, 9.17) is 5.11 Å². The van der Waals surface area contributed by atoms with Gasteiger partial charge in [-0.25, -0.2) is 0 Å². The number of hydrogen-bond acceptors (Lipinski definition) is 1. The maximum Gasteiger partial charge on any atom is 0.175 e. The summed E-state index contributed by atoms with van der Waals surface area (Å²) in [5.74, 6) is 0.291. The van der Waals surface area contributed by atoms with Crippen molar-refractivity contribution in [2.75, 3.05) is 0 Å². The summed E-state index contributed by atoms with van der Waals surface area (Å²) < 4.78 is 1.97.